The monoisotopic (exact) mass is 422 g/mol. The van der Waals surface area contributed by atoms with Crippen molar-refractivity contribution in [2.45, 2.75) is 53.0 Å². The van der Waals surface area contributed by atoms with Gasteiger partial charge in [-0.25, -0.2) is 0 Å². The molecular weight excluding hydrogens is 391 g/mol. The average Bonchev–Trinajstić information content (AvgIpc) is 2.92. The third-order valence-corrected chi connectivity index (χ3v) is 3.38. The lowest BCUT2D eigenvalue weighted by Gasteiger charge is -2.13. The second-order valence-electron chi connectivity index (χ2n) is 5.61. The molecule has 0 aromatic carbocycles. The van der Waals surface area contributed by atoms with Crippen LogP contribution in [0.1, 0.15) is 45.9 Å². The molecule has 0 saturated heterocycles. The maximum Gasteiger partial charge on any atom is 0.191 e. The molecule has 0 aliphatic carbocycles. The Hall–Kier alpha value is -0.860. The van der Waals surface area contributed by atoms with Crippen LogP contribution < -0.4 is 10.6 Å². The zero-order valence-corrected chi connectivity index (χ0v) is 16.6. The average molecular weight is 422 g/mol. The number of aliphatic imine (C=N–C) groups is 1. The van der Waals surface area contributed by atoms with Gasteiger partial charge in [0.15, 0.2) is 5.96 Å². The van der Waals surface area contributed by atoms with Gasteiger partial charge in [-0.3, -0.25) is 4.99 Å². The van der Waals surface area contributed by atoms with E-state index in [0.717, 1.165) is 43.8 Å². The smallest absolute Gasteiger partial charge is 0.191 e. The van der Waals surface area contributed by atoms with Crippen molar-refractivity contribution >= 4 is 29.9 Å². The lowest BCUT2D eigenvalue weighted by molar-refractivity contribution is 0.534. The van der Waals surface area contributed by atoms with Crippen molar-refractivity contribution in [3.8, 4) is 0 Å². The van der Waals surface area contributed by atoms with Gasteiger partial charge in [-0.2, -0.15) is 0 Å². The van der Waals surface area contributed by atoms with Gasteiger partial charge in [0.1, 0.15) is 12.2 Å². The van der Waals surface area contributed by atoms with Crippen molar-refractivity contribution in [2.75, 3.05) is 20.1 Å². The van der Waals surface area contributed by atoms with Crippen LogP contribution in [0.4, 0.5) is 0 Å². The highest BCUT2D eigenvalue weighted by Gasteiger charge is 2.02. The molecule has 0 aliphatic rings. The molecule has 1 heterocycles. The van der Waals surface area contributed by atoms with Crippen LogP contribution in [0, 0.1) is 5.92 Å². The number of hydrogen-bond donors (Lipinski definition) is 2. The van der Waals surface area contributed by atoms with Crippen LogP contribution in [0.25, 0.3) is 0 Å². The Kier molecular flexibility index (Phi) is 12.2. The normalized spacial score (nSPS) is 11.4. The second-order valence-corrected chi connectivity index (χ2v) is 5.61. The quantitative estimate of drug-likeness (QED) is 0.278. The van der Waals surface area contributed by atoms with E-state index in [2.05, 4.69) is 51.2 Å². The molecule has 0 atom stereocenters. The summed E-state index contributed by atoms with van der Waals surface area (Å²) in [4.78, 5) is 4.24. The molecule has 0 radical (unpaired) electrons. The van der Waals surface area contributed by atoms with Gasteiger partial charge in [0.2, 0.25) is 0 Å². The number of unbranched alkanes of at least 4 members (excludes halogenated alkanes) is 1. The number of guanidine groups is 1. The number of hydrogen-bond acceptors (Lipinski definition) is 3. The summed E-state index contributed by atoms with van der Waals surface area (Å²) >= 11 is 0. The molecule has 0 unspecified atom stereocenters. The Labute approximate surface area is 151 Å². The van der Waals surface area contributed by atoms with Crippen molar-refractivity contribution in [2.24, 2.45) is 10.9 Å². The van der Waals surface area contributed by atoms with Gasteiger partial charge < -0.3 is 15.2 Å². The van der Waals surface area contributed by atoms with E-state index in [9.17, 15) is 0 Å². The highest BCUT2D eigenvalue weighted by molar-refractivity contribution is 14.0. The summed E-state index contributed by atoms with van der Waals surface area (Å²) in [6, 6.07) is 0. The molecule has 0 aliphatic heterocycles. The number of aryl methyl sites for hydroxylation is 1. The molecule has 0 amide bonds. The van der Waals surface area contributed by atoms with E-state index < -0.39 is 0 Å². The van der Waals surface area contributed by atoms with Crippen LogP contribution in [0.15, 0.2) is 11.3 Å². The predicted octanol–water partition coefficient (Wildman–Crippen LogP) is 2.45. The molecule has 0 spiro atoms. The van der Waals surface area contributed by atoms with Crippen LogP contribution in [-0.2, 0) is 13.0 Å². The van der Waals surface area contributed by atoms with E-state index >= 15 is 0 Å². The molecule has 22 heavy (non-hydrogen) atoms. The summed E-state index contributed by atoms with van der Waals surface area (Å²) in [5, 5.41) is 14.7. The number of halogens is 1. The minimum Gasteiger partial charge on any atom is -0.356 e. The second kappa shape index (κ2) is 12.7. The van der Waals surface area contributed by atoms with Crippen LogP contribution in [-0.4, -0.2) is 40.9 Å². The molecule has 7 heteroatoms. The maximum atomic E-state index is 4.24. The van der Waals surface area contributed by atoms with E-state index in [1.807, 2.05) is 0 Å². The minimum absolute atomic E-state index is 0. The topological polar surface area (TPSA) is 67.1 Å². The Morgan fingerprint density at radius 2 is 2.00 bits per heavy atom. The van der Waals surface area contributed by atoms with Gasteiger partial charge in [-0.1, -0.05) is 33.6 Å². The fourth-order valence-corrected chi connectivity index (χ4v) is 2.14. The first-order chi connectivity index (χ1) is 10.2. The lowest BCUT2D eigenvalue weighted by atomic mass is 10.1. The first-order valence-electron chi connectivity index (χ1n) is 7.98. The first-order valence-corrected chi connectivity index (χ1v) is 7.98. The predicted molar refractivity (Wildman–Crippen MR) is 103 cm³/mol. The molecular formula is C15H31IN6. The minimum atomic E-state index is 0. The van der Waals surface area contributed by atoms with Gasteiger partial charge >= 0.3 is 0 Å². The van der Waals surface area contributed by atoms with Crippen molar-refractivity contribution in [3.05, 3.63) is 12.2 Å². The fraction of sp³-hybridized carbons (Fsp3) is 0.800. The van der Waals surface area contributed by atoms with Gasteiger partial charge in [-0.05, 0) is 12.3 Å². The van der Waals surface area contributed by atoms with Gasteiger partial charge in [0, 0.05) is 33.1 Å². The molecule has 0 saturated carbocycles. The Morgan fingerprint density at radius 3 is 2.64 bits per heavy atom. The van der Waals surface area contributed by atoms with Crippen LogP contribution in [0.2, 0.25) is 0 Å². The molecule has 0 bridgehead atoms. The standard InChI is InChI=1S/C15H30N6.HI/c1-5-14-20-19-12-21(14)11-10-18-15(16-4)17-9-7-6-8-13(2)3;/h12-13H,5-11H2,1-4H3,(H2,16,17,18);1H. The summed E-state index contributed by atoms with van der Waals surface area (Å²) in [6.07, 6.45) is 6.43. The summed E-state index contributed by atoms with van der Waals surface area (Å²) in [6.45, 7) is 9.26. The highest BCUT2D eigenvalue weighted by Crippen LogP contribution is 2.04. The molecule has 128 valence electrons. The highest BCUT2D eigenvalue weighted by atomic mass is 127. The Bertz CT molecular complexity index is 416. The SMILES string of the molecule is CCc1nncn1CCNC(=NC)NCCCCC(C)C.I. The number of nitrogens with zero attached hydrogens (tertiary/aromatic N) is 4. The van der Waals surface area contributed by atoms with Crippen molar-refractivity contribution in [1.29, 1.82) is 0 Å². The van der Waals surface area contributed by atoms with Crippen LogP contribution in [0.5, 0.6) is 0 Å². The molecule has 1 rings (SSSR count). The van der Waals surface area contributed by atoms with Crippen molar-refractivity contribution < 1.29 is 0 Å². The molecule has 0 fully saturated rings. The fourth-order valence-electron chi connectivity index (χ4n) is 2.14. The third kappa shape index (κ3) is 8.55. The van der Waals surface area contributed by atoms with Crippen LogP contribution >= 0.6 is 24.0 Å². The van der Waals surface area contributed by atoms with Crippen molar-refractivity contribution in [3.63, 3.8) is 0 Å². The van der Waals surface area contributed by atoms with Gasteiger partial charge in [0.25, 0.3) is 0 Å². The van der Waals surface area contributed by atoms with E-state index in [4.69, 9.17) is 0 Å². The first kappa shape index (κ1) is 21.1. The summed E-state index contributed by atoms with van der Waals surface area (Å²) in [7, 11) is 1.81. The van der Waals surface area contributed by atoms with E-state index in [-0.39, 0.29) is 24.0 Å². The van der Waals surface area contributed by atoms with E-state index in [1.165, 1.54) is 19.3 Å². The number of rotatable bonds is 9. The molecule has 1 aromatic heterocycles. The maximum absolute atomic E-state index is 4.24. The third-order valence-electron chi connectivity index (χ3n) is 3.38. The molecule has 1 aromatic rings. The van der Waals surface area contributed by atoms with Crippen molar-refractivity contribution in [1.82, 2.24) is 25.4 Å². The number of aromatic nitrogens is 3. The zero-order chi connectivity index (χ0) is 15.5. The molecule has 6 nitrogen and oxygen atoms in total. The Morgan fingerprint density at radius 1 is 1.27 bits per heavy atom. The van der Waals surface area contributed by atoms with Gasteiger partial charge in [-0.15, -0.1) is 34.2 Å². The largest absolute Gasteiger partial charge is 0.356 e. The molecule has 2 N–H and O–H groups in total. The summed E-state index contributed by atoms with van der Waals surface area (Å²) < 4.78 is 2.07. The van der Waals surface area contributed by atoms with E-state index in [0.29, 0.717) is 0 Å². The summed E-state index contributed by atoms with van der Waals surface area (Å²) in [5.74, 6) is 2.68. The lowest BCUT2D eigenvalue weighted by Crippen LogP contribution is -2.39. The van der Waals surface area contributed by atoms with Crippen LogP contribution in [0.3, 0.4) is 0 Å². The van der Waals surface area contributed by atoms with E-state index in [1.54, 1.807) is 13.4 Å². The Balaban J connectivity index is 0.00000441. The zero-order valence-electron chi connectivity index (χ0n) is 14.3. The number of nitrogens with one attached hydrogen (secondary N) is 2. The summed E-state index contributed by atoms with van der Waals surface area (Å²) in [5.41, 5.74) is 0. The van der Waals surface area contributed by atoms with Gasteiger partial charge in [0.05, 0.1) is 0 Å².